The smallest absolute Gasteiger partial charge is 0.421 e. The van der Waals surface area contributed by atoms with E-state index in [0.717, 1.165) is 85.1 Å². The molecule has 1 N–H and O–H groups in total. The minimum absolute atomic E-state index is 0.0486. The number of aryl methyl sites for hydroxylation is 2. The molecule has 0 spiro atoms. The summed E-state index contributed by atoms with van der Waals surface area (Å²) in [5, 5.41) is 3.80. The summed E-state index contributed by atoms with van der Waals surface area (Å²) in [7, 11) is 0. The van der Waals surface area contributed by atoms with E-state index in [0.29, 0.717) is 5.58 Å². The van der Waals surface area contributed by atoms with Crippen molar-refractivity contribution in [1.82, 2.24) is 14.8 Å². The number of nitrogens with zero attached hydrogens (tertiary/aromatic N) is 3. The highest BCUT2D eigenvalue weighted by atomic mass is 16.7. The van der Waals surface area contributed by atoms with Crippen LogP contribution in [0.5, 0.6) is 0 Å². The second-order valence-electron chi connectivity index (χ2n) is 12.3. The number of carbonyl (C=O) groups is 5. The second-order valence-corrected chi connectivity index (χ2v) is 12.3. The van der Waals surface area contributed by atoms with Gasteiger partial charge in [-0.3, -0.25) is 29.2 Å². The summed E-state index contributed by atoms with van der Waals surface area (Å²) >= 11 is 0. The Bertz CT molecular complexity index is 1890. The number of aromatic nitrogens is 1. The molecule has 0 radical (unpaired) electrons. The number of benzene rings is 2. The number of furan rings is 1. The number of amides is 2. The molecule has 1 aliphatic heterocycles. The molecular weight excluding hydrogens is 648 g/mol. The summed E-state index contributed by atoms with van der Waals surface area (Å²) in [5.41, 5.74) is 4.43. The highest BCUT2D eigenvalue weighted by Crippen LogP contribution is 2.27. The van der Waals surface area contributed by atoms with Crippen molar-refractivity contribution in [3.05, 3.63) is 65.5 Å². The topological polar surface area (TPSA) is 159 Å². The zero-order chi connectivity index (χ0) is 35.9. The molecule has 2 atom stereocenters. The fraction of sp³-hybridized carbons (Fsp3) is 0.417. The summed E-state index contributed by atoms with van der Waals surface area (Å²) in [4.78, 5) is 64.4. The molecule has 2 unspecified atom stereocenters. The van der Waals surface area contributed by atoms with Crippen molar-refractivity contribution in [2.45, 2.75) is 66.5 Å². The van der Waals surface area contributed by atoms with Crippen molar-refractivity contribution in [2.24, 2.45) is 0 Å². The molecule has 14 heteroatoms. The highest BCUT2D eigenvalue weighted by molar-refractivity contribution is 6.03. The second kappa shape index (κ2) is 15.9. The monoisotopic (exact) mass is 690 g/mol. The molecule has 2 aromatic carbocycles. The maximum Gasteiger partial charge on any atom is 0.421 e. The Kier molecular flexibility index (Phi) is 11.4. The largest absolute Gasteiger partial charge is 0.451 e. The van der Waals surface area contributed by atoms with Crippen LogP contribution in [0.4, 0.5) is 15.3 Å². The molecule has 266 valence electrons. The molecule has 0 saturated carbocycles. The average molecular weight is 691 g/mol. The van der Waals surface area contributed by atoms with Gasteiger partial charge in [-0.15, -0.1) is 0 Å². The maximum atomic E-state index is 12.9. The predicted octanol–water partition coefficient (Wildman–Crippen LogP) is 5.51. The number of piperazine rings is 1. The minimum Gasteiger partial charge on any atom is -0.451 e. The van der Waals surface area contributed by atoms with Crippen LogP contribution in [-0.2, 0) is 35.0 Å². The first kappa shape index (κ1) is 35.9. The molecule has 2 amide bonds. The molecule has 1 aliphatic rings. The third-order valence-electron chi connectivity index (χ3n) is 8.29. The first-order chi connectivity index (χ1) is 23.9. The fourth-order valence-electron chi connectivity index (χ4n) is 6.03. The van der Waals surface area contributed by atoms with Gasteiger partial charge in [0.25, 0.3) is 5.91 Å². The number of anilines is 1. The van der Waals surface area contributed by atoms with E-state index in [4.69, 9.17) is 23.4 Å². The number of carbonyl (C=O) groups excluding carboxylic acids is 5. The van der Waals surface area contributed by atoms with Gasteiger partial charge in [-0.2, -0.15) is 0 Å². The summed E-state index contributed by atoms with van der Waals surface area (Å²) in [6.45, 7) is 11.8. The van der Waals surface area contributed by atoms with Gasteiger partial charge >= 0.3 is 24.1 Å². The maximum absolute atomic E-state index is 12.9. The molecule has 5 rings (SSSR count). The zero-order valence-corrected chi connectivity index (χ0v) is 28.9. The number of unbranched alkanes of at least 4 members (excludes halogenated alkanes) is 1. The Morgan fingerprint density at radius 2 is 1.54 bits per heavy atom. The van der Waals surface area contributed by atoms with E-state index in [-0.39, 0.29) is 5.76 Å². The lowest BCUT2D eigenvalue weighted by atomic mass is 10.1. The lowest BCUT2D eigenvalue weighted by Gasteiger charge is -2.36. The number of hydrogen-bond donors (Lipinski definition) is 1. The fourth-order valence-corrected chi connectivity index (χ4v) is 6.03. The zero-order valence-electron chi connectivity index (χ0n) is 28.9. The number of rotatable bonds is 11. The van der Waals surface area contributed by atoms with E-state index >= 15 is 0 Å². The van der Waals surface area contributed by atoms with Gasteiger partial charge in [0.05, 0.1) is 5.52 Å². The van der Waals surface area contributed by atoms with E-state index in [1.54, 1.807) is 12.1 Å². The van der Waals surface area contributed by atoms with Gasteiger partial charge < -0.3 is 28.3 Å². The number of nitrogens with one attached hydrogen (secondary N) is 1. The van der Waals surface area contributed by atoms with Crippen LogP contribution < -0.4 is 10.2 Å². The van der Waals surface area contributed by atoms with Crippen molar-refractivity contribution in [3.8, 4) is 0 Å². The van der Waals surface area contributed by atoms with Gasteiger partial charge in [-0.1, -0.05) is 11.6 Å². The van der Waals surface area contributed by atoms with Crippen LogP contribution in [0, 0.1) is 6.92 Å². The number of ether oxygens (including phenoxy) is 4. The third kappa shape index (κ3) is 9.20. The van der Waals surface area contributed by atoms with Crippen LogP contribution in [-0.4, -0.2) is 84.8 Å². The van der Waals surface area contributed by atoms with E-state index in [1.807, 2.05) is 37.4 Å². The molecule has 0 aliphatic carbocycles. The van der Waals surface area contributed by atoms with Crippen molar-refractivity contribution < 1.29 is 47.3 Å². The Labute approximate surface area is 289 Å². The van der Waals surface area contributed by atoms with Crippen molar-refractivity contribution in [3.63, 3.8) is 0 Å². The number of hydrogen-bond acceptors (Lipinski definition) is 12. The standard InChI is InChI=1S/C36H42N4O10/c1-22-9-11-31-30(18-22)27(21-40(31)36(45)49-26(5)47-24(3)42)8-6-7-13-38-14-16-39(17-15-38)29-10-12-32-28(19-29)20-33(50-32)34(43)37-35(44)48-25(4)46-23(2)41/h9-12,18-21,25-26H,6-8,13-17H2,1-5H3,(H,37,43,44). The number of alkyl carbamates (subject to hydrolysis) is 1. The number of esters is 2. The van der Waals surface area contributed by atoms with E-state index in [2.05, 4.69) is 21.2 Å². The van der Waals surface area contributed by atoms with E-state index < -0.39 is 42.6 Å². The van der Waals surface area contributed by atoms with Crippen LogP contribution >= 0.6 is 0 Å². The van der Waals surface area contributed by atoms with Gasteiger partial charge in [0.1, 0.15) is 5.58 Å². The SMILES string of the molecule is CC(=O)OC(C)OC(=O)NC(=O)c1cc2cc(N3CCN(CCCCc4cn(C(=O)OC(C)OC(C)=O)c5ccc(C)cc45)CC3)ccc2o1. The summed E-state index contributed by atoms with van der Waals surface area (Å²) in [6, 6.07) is 13.2. The van der Waals surface area contributed by atoms with Crippen molar-refractivity contribution in [2.75, 3.05) is 37.6 Å². The van der Waals surface area contributed by atoms with E-state index in [1.165, 1.54) is 32.3 Å². The molecular formula is C36H42N4O10. The van der Waals surface area contributed by atoms with Gasteiger partial charge in [0.15, 0.2) is 5.76 Å². The normalized spacial score (nSPS) is 14.6. The van der Waals surface area contributed by atoms with Gasteiger partial charge in [0, 0.05) is 76.5 Å². The molecule has 4 aromatic rings. The Morgan fingerprint density at radius 3 is 2.24 bits per heavy atom. The van der Waals surface area contributed by atoms with Gasteiger partial charge in [0.2, 0.25) is 12.6 Å². The Morgan fingerprint density at radius 1 is 0.840 bits per heavy atom. The summed E-state index contributed by atoms with van der Waals surface area (Å²) < 4.78 is 27.0. The predicted molar refractivity (Wildman–Crippen MR) is 183 cm³/mol. The summed E-state index contributed by atoms with van der Waals surface area (Å²) in [6.07, 6.45) is 0.776. The molecule has 0 bridgehead atoms. The highest BCUT2D eigenvalue weighted by Gasteiger charge is 2.22. The minimum atomic E-state index is -1.15. The lowest BCUT2D eigenvalue weighted by Crippen LogP contribution is -2.46. The average Bonchev–Trinajstić information content (AvgIpc) is 3.63. The summed E-state index contributed by atoms with van der Waals surface area (Å²) in [5.74, 6) is -1.96. The molecule has 1 saturated heterocycles. The first-order valence-electron chi connectivity index (χ1n) is 16.5. The number of fused-ring (bicyclic) bond motifs is 2. The lowest BCUT2D eigenvalue weighted by molar-refractivity contribution is -0.163. The van der Waals surface area contributed by atoms with Gasteiger partial charge in [-0.05, 0) is 74.7 Å². The van der Waals surface area contributed by atoms with Gasteiger partial charge in [-0.25, -0.2) is 9.59 Å². The van der Waals surface area contributed by atoms with Crippen LogP contribution in [0.25, 0.3) is 21.9 Å². The first-order valence-corrected chi connectivity index (χ1v) is 16.5. The molecule has 3 heterocycles. The Balaban J connectivity index is 1.10. The van der Waals surface area contributed by atoms with Crippen LogP contribution in [0.1, 0.15) is 62.2 Å². The van der Waals surface area contributed by atoms with Crippen molar-refractivity contribution >= 4 is 57.6 Å². The molecule has 1 fully saturated rings. The molecule has 50 heavy (non-hydrogen) atoms. The quantitative estimate of drug-likeness (QED) is 0.120. The number of imide groups is 1. The van der Waals surface area contributed by atoms with Crippen LogP contribution in [0.3, 0.4) is 0 Å². The Hall–Kier alpha value is -5.37. The van der Waals surface area contributed by atoms with Crippen LogP contribution in [0.15, 0.2) is 53.1 Å². The van der Waals surface area contributed by atoms with Crippen LogP contribution in [0.2, 0.25) is 0 Å². The third-order valence-corrected chi connectivity index (χ3v) is 8.29. The van der Waals surface area contributed by atoms with E-state index in [9.17, 15) is 24.0 Å². The molecule has 14 nitrogen and oxygen atoms in total. The molecule has 2 aromatic heterocycles. The van der Waals surface area contributed by atoms with Crippen molar-refractivity contribution in [1.29, 1.82) is 0 Å².